The lowest BCUT2D eigenvalue weighted by atomic mass is 10.0. The fourth-order valence-corrected chi connectivity index (χ4v) is 3.09. The number of sulfone groups is 1. The molecule has 0 saturated carbocycles. The van der Waals surface area contributed by atoms with Crippen molar-refractivity contribution < 1.29 is 17.9 Å². The lowest BCUT2D eigenvalue weighted by molar-refractivity contribution is -0.123. The third-order valence-electron chi connectivity index (χ3n) is 3.81. The minimum absolute atomic E-state index is 0.0681. The molecule has 1 amide bonds. The number of carbonyl (C=O) groups is 1. The van der Waals surface area contributed by atoms with Crippen LogP contribution in [0, 0.1) is 6.92 Å². The van der Waals surface area contributed by atoms with Crippen LogP contribution in [-0.4, -0.2) is 27.2 Å². The molecule has 0 radical (unpaired) electrons. The van der Waals surface area contributed by atoms with Crippen molar-refractivity contribution in [3.05, 3.63) is 59.7 Å². The third-order valence-corrected chi connectivity index (χ3v) is 4.94. The number of hydrogen-bond acceptors (Lipinski definition) is 4. The topological polar surface area (TPSA) is 72.5 Å². The molecule has 0 spiro atoms. The fraction of sp³-hybridized carbons (Fsp3) is 0.316. The highest BCUT2D eigenvalue weighted by molar-refractivity contribution is 7.90. The van der Waals surface area contributed by atoms with Crippen molar-refractivity contribution in [3.8, 4) is 5.75 Å². The van der Waals surface area contributed by atoms with E-state index < -0.39 is 9.84 Å². The predicted octanol–water partition coefficient (Wildman–Crippen LogP) is 3.04. The number of benzene rings is 2. The van der Waals surface area contributed by atoms with Gasteiger partial charge in [0.1, 0.15) is 5.75 Å². The Morgan fingerprint density at radius 2 is 1.84 bits per heavy atom. The number of carbonyl (C=O) groups excluding carboxylic acids is 1. The van der Waals surface area contributed by atoms with E-state index >= 15 is 0 Å². The number of nitrogens with one attached hydrogen (secondary N) is 1. The van der Waals surface area contributed by atoms with E-state index in [4.69, 9.17) is 4.74 Å². The summed E-state index contributed by atoms with van der Waals surface area (Å²) in [5.74, 6) is 0.432. The van der Waals surface area contributed by atoms with Gasteiger partial charge < -0.3 is 10.1 Å². The van der Waals surface area contributed by atoms with Gasteiger partial charge in [0, 0.05) is 6.26 Å². The van der Waals surface area contributed by atoms with E-state index in [-0.39, 0.29) is 23.5 Å². The van der Waals surface area contributed by atoms with Crippen molar-refractivity contribution in [2.75, 3.05) is 12.9 Å². The Morgan fingerprint density at radius 3 is 2.40 bits per heavy atom. The molecule has 25 heavy (non-hydrogen) atoms. The molecular weight excluding hydrogens is 338 g/mol. The second kappa shape index (κ2) is 8.16. The second-order valence-electron chi connectivity index (χ2n) is 5.97. The molecule has 0 aliphatic rings. The molecule has 0 bridgehead atoms. The van der Waals surface area contributed by atoms with Gasteiger partial charge in [0.2, 0.25) is 0 Å². The van der Waals surface area contributed by atoms with Crippen LogP contribution in [0.1, 0.15) is 30.5 Å². The number of ether oxygens (including phenoxy) is 1. The fourth-order valence-electron chi connectivity index (χ4n) is 2.46. The summed E-state index contributed by atoms with van der Waals surface area (Å²) in [5, 5.41) is 2.91. The van der Waals surface area contributed by atoms with Gasteiger partial charge in [0.15, 0.2) is 16.4 Å². The quantitative estimate of drug-likeness (QED) is 0.823. The van der Waals surface area contributed by atoms with E-state index in [0.717, 1.165) is 11.1 Å². The molecule has 6 heteroatoms. The van der Waals surface area contributed by atoms with Gasteiger partial charge in [-0.25, -0.2) is 8.42 Å². The Bertz CT molecular complexity index is 829. The van der Waals surface area contributed by atoms with Gasteiger partial charge >= 0.3 is 0 Å². The number of rotatable bonds is 7. The van der Waals surface area contributed by atoms with Gasteiger partial charge in [-0.3, -0.25) is 4.79 Å². The van der Waals surface area contributed by atoms with Gasteiger partial charge in [-0.15, -0.1) is 0 Å². The maximum Gasteiger partial charge on any atom is 0.258 e. The smallest absolute Gasteiger partial charge is 0.258 e. The first-order chi connectivity index (χ1) is 11.8. The highest BCUT2D eigenvalue weighted by Crippen LogP contribution is 2.19. The summed E-state index contributed by atoms with van der Waals surface area (Å²) in [5.41, 5.74) is 1.93. The van der Waals surface area contributed by atoms with E-state index in [1.165, 1.54) is 6.26 Å². The van der Waals surface area contributed by atoms with Gasteiger partial charge in [0.05, 0.1) is 10.9 Å². The lowest BCUT2D eigenvalue weighted by Crippen LogP contribution is -2.32. The van der Waals surface area contributed by atoms with Crippen molar-refractivity contribution in [3.63, 3.8) is 0 Å². The van der Waals surface area contributed by atoms with Crippen LogP contribution >= 0.6 is 0 Å². The normalized spacial score (nSPS) is 12.4. The molecule has 0 fully saturated rings. The Morgan fingerprint density at radius 1 is 1.16 bits per heavy atom. The Kier molecular flexibility index (Phi) is 6.20. The van der Waals surface area contributed by atoms with Gasteiger partial charge in [0.25, 0.3) is 5.91 Å². The zero-order valence-electron chi connectivity index (χ0n) is 14.7. The molecule has 2 aromatic rings. The van der Waals surface area contributed by atoms with Crippen LogP contribution in [0.25, 0.3) is 0 Å². The maximum atomic E-state index is 12.1. The molecule has 0 aromatic heterocycles. The van der Waals surface area contributed by atoms with Crippen LogP contribution in [0.4, 0.5) is 0 Å². The highest BCUT2D eigenvalue weighted by Gasteiger charge is 2.14. The summed E-state index contributed by atoms with van der Waals surface area (Å²) >= 11 is 0. The molecule has 1 N–H and O–H groups in total. The van der Waals surface area contributed by atoms with E-state index in [0.29, 0.717) is 12.2 Å². The van der Waals surface area contributed by atoms with Crippen LogP contribution < -0.4 is 10.1 Å². The summed E-state index contributed by atoms with van der Waals surface area (Å²) in [7, 11) is -3.23. The maximum absolute atomic E-state index is 12.1. The van der Waals surface area contributed by atoms with Gasteiger partial charge in [-0.05, 0) is 48.7 Å². The van der Waals surface area contributed by atoms with Crippen molar-refractivity contribution in [2.24, 2.45) is 0 Å². The number of aryl methyl sites for hydroxylation is 1. The molecule has 5 nitrogen and oxygen atoms in total. The molecule has 1 unspecified atom stereocenters. The zero-order valence-corrected chi connectivity index (χ0v) is 15.5. The molecule has 0 heterocycles. The number of amides is 1. The van der Waals surface area contributed by atoms with Crippen LogP contribution in [0.5, 0.6) is 5.75 Å². The Balaban J connectivity index is 1.97. The van der Waals surface area contributed by atoms with Crippen LogP contribution in [0.2, 0.25) is 0 Å². The zero-order chi connectivity index (χ0) is 18.4. The van der Waals surface area contributed by atoms with E-state index in [2.05, 4.69) is 5.32 Å². The Hall–Kier alpha value is -2.34. The lowest BCUT2D eigenvalue weighted by Gasteiger charge is -2.18. The predicted molar refractivity (Wildman–Crippen MR) is 97.4 cm³/mol. The first-order valence-corrected chi connectivity index (χ1v) is 9.97. The molecule has 1 atom stereocenters. The van der Waals surface area contributed by atoms with E-state index in [1.807, 2.05) is 38.1 Å². The average molecular weight is 361 g/mol. The van der Waals surface area contributed by atoms with Crippen molar-refractivity contribution in [1.29, 1.82) is 0 Å². The van der Waals surface area contributed by atoms with E-state index in [1.54, 1.807) is 24.3 Å². The van der Waals surface area contributed by atoms with Gasteiger partial charge in [-0.1, -0.05) is 31.2 Å². The molecule has 0 saturated heterocycles. The largest absolute Gasteiger partial charge is 0.484 e. The minimum atomic E-state index is -3.23. The molecular formula is C19H23NO4S. The molecule has 2 rings (SSSR count). The number of hydrogen-bond donors (Lipinski definition) is 1. The summed E-state index contributed by atoms with van der Waals surface area (Å²) < 4.78 is 28.5. The third kappa shape index (κ3) is 5.60. The van der Waals surface area contributed by atoms with Gasteiger partial charge in [-0.2, -0.15) is 0 Å². The average Bonchev–Trinajstić information content (AvgIpc) is 2.57. The van der Waals surface area contributed by atoms with Crippen molar-refractivity contribution in [1.82, 2.24) is 5.32 Å². The molecule has 0 aliphatic carbocycles. The molecule has 0 aliphatic heterocycles. The Labute approximate surface area is 148 Å². The van der Waals surface area contributed by atoms with Crippen molar-refractivity contribution in [2.45, 2.75) is 31.2 Å². The minimum Gasteiger partial charge on any atom is -0.484 e. The summed E-state index contributed by atoms with van der Waals surface area (Å²) in [6, 6.07) is 13.9. The molecule has 2 aromatic carbocycles. The first-order valence-electron chi connectivity index (χ1n) is 8.08. The van der Waals surface area contributed by atoms with E-state index in [9.17, 15) is 13.2 Å². The highest BCUT2D eigenvalue weighted by atomic mass is 32.2. The molecule has 134 valence electrons. The monoisotopic (exact) mass is 361 g/mol. The first kappa shape index (κ1) is 19.0. The summed E-state index contributed by atoms with van der Waals surface area (Å²) in [6.45, 7) is 3.85. The van der Waals surface area contributed by atoms with Crippen LogP contribution in [0.3, 0.4) is 0 Å². The van der Waals surface area contributed by atoms with Crippen LogP contribution in [-0.2, 0) is 14.6 Å². The SMILES string of the molecule is CCC(NC(=O)COc1cccc(C)c1)c1ccc(S(C)(=O)=O)cc1. The standard InChI is InChI=1S/C19H23NO4S/c1-4-18(15-8-10-17(11-9-15)25(3,22)23)20-19(21)13-24-16-7-5-6-14(2)12-16/h5-12,18H,4,13H2,1-3H3,(H,20,21). The summed E-state index contributed by atoms with van der Waals surface area (Å²) in [6.07, 6.45) is 1.86. The van der Waals surface area contributed by atoms with Crippen LogP contribution in [0.15, 0.2) is 53.4 Å². The van der Waals surface area contributed by atoms with Crippen molar-refractivity contribution >= 4 is 15.7 Å². The summed E-state index contributed by atoms with van der Waals surface area (Å²) in [4.78, 5) is 12.4. The second-order valence-corrected chi connectivity index (χ2v) is 7.99.